The molecule has 2 N–H and O–H groups in total. The summed E-state index contributed by atoms with van der Waals surface area (Å²) in [6.45, 7) is 6.82. The fourth-order valence-electron chi connectivity index (χ4n) is 1.28. The lowest BCUT2D eigenvalue weighted by Crippen LogP contribution is -2.24. The van der Waals surface area contributed by atoms with Gasteiger partial charge in [-0.3, -0.25) is 4.79 Å². The van der Waals surface area contributed by atoms with E-state index < -0.39 is 0 Å². The molecule has 0 radical (unpaired) electrons. The molecule has 0 saturated carbocycles. The topological polar surface area (TPSA) is 54.0 Å². The maximum atomic E-state index is 11.5. The number of rotatable bonds is 5. The fourth-order valence-corrected chi connectivity index (χ4v) is 1.28. The Morgan fingerprint density at radius 1 is 1.44 bits per heavy atom. The smallest absolute Gasteiger partial charge is 0.269 e. The molecule has 0 saturated heterocycles. The number of carbonyl (C=O) groups excluding carboxylic acids is 1. The Bertz CT molecular complexity index is 333. The Morgan fingerprint density at radius 2 is 2.19 bits per heavy atom. The van der Waals surface area contributed by atoms with E-state index >= 15 is 0 Å². The maximum Gasteiger partial charge on any atom is 0.269 e. The number of anilines is 1. The number of hydrogen-bond donors (Lipinski definition) is 2. The van der Waals surface area contributed by atoms with Gasteiger partial charge >= 0.3 is 0 Å². The molecule has 0 fully saturated rings. The largest absolute Gasteiger partial charge is 0.382 e. The van der Waals surface area contributed by atoms with Gasteiger partial charge in [0.25, 0.3) is 5.91 Å². The number of nitrogens with one attached hydrogen (secondary N) is 2. The highest BCUT2D eigenvalue weighted by molar-refractivity contribution is 5.92. The van der Waals surface area contributed by atoms with Crippen molar-refractivity contribution in [2.45, 2.75) is 33.2 Å². The normalized spacial score (nSPS) is 10.2. The Balaban J connectivity index is 2.60. The molecule has 0 spiro atoms. The fraction of sp³-hybridized carbons (Fsp3) is 0.500. The van der Waals surface area contributed by atoms with E-state index in [-0.39, 0.29) is 5.91 Å². The van der Waals surface area contributed by atoms with Crippen LogP contribution in [-0.2, 0) is 0 Å². The van der Waals surface area contributed by atoms with E-state index in [2.05, 4.69) is 29.5 Å². The van der Waals surface area contributed by atoms with Crippen LogP contribution in [0.25, 0.3) is 0 Å². The van der Waals surface area contributed by atoms with Crippen LogP contribution in [0.3, 0.4) is 0 Å². The Labute approximate surface area is 96.5 Å². The first-order chi connectivity index (χ1) is 7.63. The molecule has 1 heterocycles. The average molecular weight is 221 g/mol. The summed E-state index contributed by atoms with van der Waals surface area (Å²) in [5.74, 6) is -0.113. The van der Waals surface area contributed by atoms with E-state index in [0.29, 0.717) is 18.3 Å². The van der Waals surface area contributed by atoms with Crippen molar-refractivity contribution in [3.8, 4) is 0 Å². The molecule has 0 aliphatic heterocycles. The van der Waals surface area contributed by atoms with Crippen LogP contribution in [0, 0.1) is 0 Å². The van der Waals surface area contributed by atoms with Crippen molar-refractivity contribution in [2.24, 2.45) is 0 Å². The van der Waals surface area contributed by atoms with E-state index in [1.54, 1.807) is 12.3 Å². The molecule has 0 aromatic carbocycles. The second-order valence-corrected chi connectivity index (χ2v) is 3.99. The minimum Gasteiger partial charge on any atom is -0.382 e. The average Bonchev–Trinajstić information content (AvgIpc) is 2.26. The lowest BCUT2D eigenvalue weighted by molar-refractivity contribution is 0.0949. The van der Waals surface area contributed by atoms with Gasteiger partial charge in [-0.2, -0.15) is 0 Å². The quantitative estimate of drug-likeness (QED) is 0.800. The second kappa shape index (κ2) is 6.10. The van der Waals surface area contributed by atoms with Gasteiger partial charge in [0.15, 0.2) is 0 Å². The van der Waals surface area contributed by atoms with Crippen LogP contribution >= 0.6 is 0 Å². The van der Waals surface area contributed by atoms with Crippen molar-refractivity contribution in [2.75, 3.05) is 11.9 Å². The van der Waals surface area contributed by atoms with Crippen molar-refractivity contribution in [1.82, 2.24) is 10.3 Å². The molecule has 0 atom stereocenters. The van der Waals surface area contributed by atoms with Crippen LogP contribution in [0.4, 0.5) is 5.69 Å². The zero-order chi connectivity index (χ0) is 12.0. The minimum absolute atomic E-state index is 0.113. The van der Waals surface area contributed by atoms with Gasteiger partial charge in [0.1, 0.15) is 5.69 Å². The van der Waals surface area contributed by atoms with E-state index in [4.69, 9.17) is 0 Å². The number of pyridine rings is 1. The van der Waals surface area contributed by atoms with Crippen molar-refractivity contribution in [1.29, 1.82) is 0 Å². The highest BCUT2D eigenvalue weighted by Gasteiger charge is 2.05. The number of hydrogen-bond acceptors (Lipinski definition) is 3. The number of nitrogens with zero attached hydrogens (tertiary/aromatic N) is 1. The summed E-state index contributed by atoms with van der Waals surface area (Å²) in [6.07, 6.45) is 2.61. The monoisotopic (exact) mass is 221 g/mol. The molecule has 88 valence electrons. The molecule has 0 bridgehead atoms. The van der Waals surface area contributed by atoms with Gasteiger partial charge in [0.05, 0.1) is 11.9 Å². The third kappa shape index (κ3) is 3.88. The van der Waals surface area contributed by atoms with Crippen LogP contribution in [-0.4, -0.2) is 23.5 Å². The molecule has 16 heavy (non-hydrogen) atoms. The second-order valence-electron chi connectivity index (χ2n) is 3.99. The Kier molecular flexibility index (Phi) is 4.76. The van der Waals surface area contributed by atoms with Crippen LogP contribution < -0.4 is 10.6 Å². The summed E-state index contributed by atoms with van der Waals surface area (Å²) in [7, 11) is 0. The molecule has 0 aliphatic rings. The Morgan fingerprint density at radius 3 is 2.69 bits per heavy atom. The summed E-state index contributed by atoms with van der Waals surface area (Å²) >= 11 is 0. The lowest BCUT2D eigenvalue weighted by Gasteiger charge is -2.09. The van der Waals surface area contributed by atoms with E-state index in [1.165, 1.54) is 0 Å². The standard InChI is InChI=1S/C12H19N3O/c1-4-7-13-12(16)11-6-5-10(8-14-11)15-9(2)3/h5-6,8-9,15H,4,7H2,1-3H3,(H,13,16). The van der Waals surface area contributed by atoms with Crippen molar-refractivity contribution < 1.29 is 4.79 Å². The van der Waals surface area contributed by atoms with Crippen LogP contribution in [0.1, 0.15) is 37.7 Å². The first-order valence-electron chi connectivity index (χ1n) is 5.64. The maximum absolute atomic E-state index is 11.5. The predicted molar refractivity (Wildman–Crippen MR) is 65.6 cm³/mol. The Hall–Kier alpha value is -1.58. The summed E-state index contributed by atoms with van der Waals surface area (Å²) in [5.41, 5.74) is 1.39. The summed E-state index contributed by atoms with van der Waals surface area (Å²) < 4.78 is 0. The molecule has 0 unspecified atom stereocenters. The summed E-state index contributed by atoms with van der Waals surface area (Å²) in [6, 6.07) is 3.96. The van der Waals surface area contributed by atoms with Crippen LogP contribution in [0.5, 0.6) is 0 Å². The molecule has 1 amide bonds. The first kappa shape index (κ1) is 12.5. The van der Waals surface area contributed by atoms with Gasteiger partial charge in [-0.05, 0) is 32.4 Å². The molecule has 0 aliphatic carbocycles. The van der Waals surface area contributed by atoms with Gasteiger partial charge < -0.3 is 10.6 Å². The molecule has 1 aromatic heterocycles. The number of carbonyl (C=O) groups is 1. The zero-order valence-corrected chi connectivity index (χ0v) is 10.1. The molecule has 4 heteroatoms. The van der Waals surface area contributed by atoms with E-state index in [1.807, 2.05) is 13.0 Å². The highest BCUT2D eigenvalue weighted by atomic mass is 16.1. The van der Waals surface area contributed by atoms with Crippen LogP contribution in [0.15, 0.2) is 18.3 Å². The predicted octanol–water partition coefficient (Wildman–Crippen LogP) is 2.04. The van der Waals surface area contributed by atoms with Gasteiger partial charge in [0.2, 0.25) is 0 Å². The van der Waals surface area contributed by atoms with Crippen molar-refractivity contribution in [3.05, 3.63) is 24.0 Å². The minimum atomic E-state index is -0.113. The molecular weight excluding hydrogens is 202 g/mol. The van der Waals surface area contributed by atoms with Gasteiger partial charge in [-0.1, -0.05) is 6.92 Å². The molecule has 1 rings (SSSR count). The van der Waals surface area contributed by atoms with Gasteiger partial charge in [0, 0.05) is 12.6 Å². The lowest BCUT2D eigenvalue weighted by atomic mass is 10.3. The summed E-state index contributed by atoms with van der Waals surface area (Å²) in [5, 5.41) is 6.01. The van der Waals surface area contributed by atoms with Gasteiger partial charge in [-0.15, -0.1) is 0 Å². The SMILES string of the molecule is CCCNC(=O)c1ccc(NC(C)C)cn1. The van der Waals surface area contributed by atoms with Crippen molar-refractivity contribution in [3.63, 3.8) is 0 Å². The van der Waals surface area contributed by atoms with Crippen LogP contribution in [0.2, 0.25) is 0 Å². The van der Waals surface area contributed by atoms with Gasteiger partial charge in [-0.25, -0.2) is 4.98 Å². The summed E-state index contributed by atoms with van der Waals surface area (Å²) in [4.78, 5) is 15.7. The molecule has 1 aromatic rings. The van der Waals surface area contributed by atoms with E-state index in [9.17, 15) is 4.79 Å². The van der Waals surface area contributed by atoms with E-state index in [0.717, 1.165) is 12.1 Å². The third-order valence-corrected chi connectivity index (χ3v) is 1.99. The number of amides is 1. The number of aromatic nitrogens is 1. The van der Waals surface area contributed by atoms with Crippen molar-refractivity contribution >= 4 is 11.6 Å². The molecule has 4 nitrogen and oxygen atoms in total. The third-order valence-electron chi connectivity index (χ3n) is 1.99. The zero-order valence-electron chi connectivity index (χ0n) is 10.1. The highest BCUT2D eigenvalue weighted by Crippen LogP contribution is 2.07. The first-order valence-corrected chi connectivity index (χ1v) is 5.64. The molecular formula is C12H19N3O.